The Kier molecular flexibility index (Phi) is 11.6. The van der Waals surface area contributed by atoms with Gasteiger partial charge in [0.2, 0.25) is 0 Å². The summed E-state index contributed by atoms with van der Waals surface area (Å²) in [5.41, 5.74) is 1.33. The maximum absolute atomic E-state index is 7.24. The molecular formula is C25H52O6Si5. The van der Waals surface area contributed by atoms with Gasteiger partial charge in [0.1, 0.15) is 6.10 Å². The van der Waals surface area contributed by atoms with Gasteiger partial charge in [0.25, 0.3) is 0 Å². The van der Waals surface area contributed by atoms with Crippen molar-refractivity contribution in [2.45, 2.75) is 103 Å². The first-order valence-corrected chi connectivity index (χ1v) is 28.1. The molecule has 1 aromatic carbocycles. The molecule has 0 N–H and O–H groups in total. The second kappa shape index (κ2) is 12.9. The molecule has 0 amide bonds. The van der Waals surface area contributed by atoms with E-state index in [1.54, 1.807) is 0 Å². The van der Waals surface area contributed by atoms with Gasteiger partial charge in [-0.2, -0.15) is 0 Å². The van der Waals surface area contributed by atoms with Crippen molar-refractivity contribution in [1.82, 2.24) is 0 Å². The fourth-order valence-corrected chi connectivity index (χ4v) is 29.1. The van der Waals surface area contributed by atoms with Crippen LogP contribution in [0, 0.1) is 0 Å². The van der Waals surface area contributed by atoms with Crippen molar-refractivity contribution in [2.75, 3.05) is 19.8 Å². The first-order chi connectivity index (χ1) is 16.4. The summed E-state index contributed by atoms with van der Waals surface area (Å²) in [4.78, 5) is 0. The predicted octanol–water partition coefficient (Wildman–Crippen LogP) is 7.18. The molecule has 1 heterocycles. The van der Waals surface area contributed by atoms with Crippen LogP contribution in [0.4, 0.5) is 0 Å². The summed E-state index contributed by atoms with van der Waals surface area (Å²) < 4.78 is 38.9. The zero-order chi connectivity index (χ0) is 27.3. The minimum atomic E-state index is -2.64. The van der Waals surface area contributed by atoms with Crippen LogP contribution in [0.25, 0.3) is 0 Å². The average Bonchev–Trinajstić information content (AvgIpc) is 3.48. The molecule has 1 aliphatic heterocycles. The Hall–Kier alpha value is 0.0644. The van der Waals surface area contributed by atoms with Crippen LogP contribution < -0.4 is 0 Å². The third-order valence-electron chi connectivity index (χ3n) is 5.64. The molecule has 0 radical (unpaired) electrons. The molecule has 1 saturated heterocycles. The molecule has 4 unspecified atom stereocenters. The van der Waals surface area contributed by atoms with Crippen LogP contribution in [-0.4, -0.2) is 68.2 Å². The monoisotopic (exact) mass is 588 g/mol. The van der Waals surface area contributed by atoms with E-state index in [9.17, 15) is 0 Å². The molecule has 2 rings (SSSR count). The van der Waals surface area contributed by atoms with E-state index in [0.717, 1.165) is 25.1 Å². The van der Waals surface area contributed by atoms with Crippen LogP contribution in [0.3, 0.4) is 0 Å². The predicted molar refractivity (Wildman–Crippen MR) is 161 cm³/mol. The zero-order valence-electron chi connectivity index (χ0n) is 24.7. The van der Waals surface area contributed by atoms with Crippen molar-refractivity contribution in [3.63, 3.8) is 0 Å². The quantitative estimate of drug-likeness (QED) is 0.109. The lowest BCUT2D eigenvalue weighted by Crippen LogP contribution is -2.60. The molecule has 0 spiro atoms. The second-order valence-electron chi connectivity index (χ2n) is 13.0. The maximum atomic E-state index is 7.24. The standard InChI is InChI=1S/C25H52O6Si5/c1-23(24-16-13-12-14-17-24)22-36(11,29-33(5,6)7)31-35(10,19-15-18-26-20-25-21-27-25)30-34(8,9)28-32(2,3)4/h12-14,16-17,23,25H,15,18-22H2,1-11H3. The maximum Gasteiger partial charge on any atom is 0.317 e. The lowest BCUT2D eigenvalue weighted by molar-refractivity contribution is 0.115. The highest BCUT2D eigenvalue weighted by atomic mass is 28.5. The molecule has 1 aromatic rings. The smallest absolute Gasteiger partial charge is 0.317 e. The summed E-state index contributed by atoms with van der Waals surface area (Å²) >= 11 is 0. The minimum Gasteiger partial charge on any atom is -0.437 e. The molecule has 4 atom stereocenters. The van der Waals surface area contributed by atoms with Crippen LogP contribution in [0.1, 0.15) is 24.8 Å². The van der Waals surface area contributed by atoms with Crippen molar-refractivity contribution in [3.05, 3.63) is 35.9 Å². The van der Waals surface area contributed by atoms with E-state index in [1.807, 2.05) is 0 Å². The Morgan fingerprint density at radius 2 is 1.39 bits per heavy atom. The molecule has 0 aromatic heterocycles. The average molecular weight is 589 g/mol. The Morgan fingerprint density at radius 1 is 0.806 bits per heavy atom. The number of ether oxygens (including phenoxy) is 2. The second-order valence-corrected chi connectivity index (χ2v) is 32.9. The van der Waals surface area contributed by atoms with Crippen LogP contribution >= 0.6 is 0 Å². The summed E-state index contributed by atoms with van der Waals surface area (Å²) in [6.07, 6.45) is 1.19. The van der Waals surface area contributed by atoms with Gasteiger partial charge in [-0.05, 0) is 95.5 Å². The van der Waals surface area contributed by atoms with Gasteiger partial charge in [0.05, 0.1) is 13.2 Å². The molecule has 0 bridgehead atoms. The fraction of sp³-hybridized carbons (Fsp3) is 0.760. The minimum absolute atomic E-state index is 0.290. The first kappa shape index (κ1) is 32.3. The number of rotatable bonds is 17. The highest BCUT2D eigenvalue weighted by Crippen LogP contribution is 2.35. The van der Waals surface area contributed by atoms with Gasteiger partial charge in [-0.3, -0.25) is 0 Å². The SMILES string of the molecule is CC(C[Si](C)(O[Si](C)(C)C)O[Si](C)(CCCOCC1CO1)O[Si](C)(C)O[Si](C)(C)C)c1ccccc1. The van der Waals surface area contributed by atoms with Gasteiger partial charge < -0.3 is 25.9 Å². The molecule has 11 heteroatoms. The van der Waals surface area contributed by atoms with Crippen molar-refractivity contribution in [2.24, 2.45) is 0 Å². The van der Waals surface area contributed by atoms with Gasteiger partial charge in [0, 0.05) is 6.61 Å². The van der Waals surface area contributed by atoms with E-state index < -0.39 is 42.3 Å². The third kappa shape index (κ3) is 13.2. The summed E-state index contributed by atoms with van der Waals surface area (Å²) in [5.74, 6) is 0.350. The van der Waals surface area contributed by atoms with E-state index in [4.69, 9.17) is 25.9 Å². The highest BCUT2D eigenvalue weighted by molar-refractivity contribution is 6.91. The summed E-state index contributed by atoms with van der Waals surface area (Å²) in [6.45, 7) is 26.8. The largest absolute Gasteiger partial charge is 0.437 e. The van der Waals surface area contributed by atoms with Crippen LogP contribution in [0.15, 0.2) is 30.3 Å². The molecule has 36 heavy (non-hydrogen) atoms. The van der Waals surface area contributed by atoms with Gasteiger partial charge >= 0.3 is 25.7 Å². The van der Waals surface area contributed by atoms with E-state index in [2.05, 4.69) is 103 Å². The normalized spacial score (nSPS) is 21.0. The summed E-state index contributed by atoms with van der Waals surface area (Å²) in [7, 11) is -11.2. The fourth-order valence-electron chi connectivity index (χ4n) is 4.94. The highest BCUT2D eigenvalue weighted by Gasteiger charge is 2.49. The Labute approximate surface area is 226 Å². The molecule has 1 aliphatic rings. The Morgan fingerprint density at radius 3 is 1.92 bits per heavy atom. The zero-order valence-corrected chi connectivity index (χ0v) is 29.7. The number of hydrogen-bond acceptors (Lipinski definition) is 6. The van der Waals surface area contributed by atoms with E-state index in [-0.39, 0.29) is 6.10 Å². The van der Waals surface area contributed by atoms with Gasteiger partial charge in [-0.15, -0.1) is 0 Å². The van der Waals surface area contributed by atoms with Crippen LogP contribution in [0.5, 0.6) is 0 Å². The molecular weight excluding hydrogens is 537 g/mol. The van der Waals surface area contributed by atoms with Crippen molar-refractivity contribution >= 4 is 42.3 Å². The van der Waals surface area contributed by atoms with E-state index >= 15 is 0 Å². The van der Waals surface area contributed by atoms with Gasteiger partial charge in [0.15, 0.2) is 16.6 Å². The number of epoxide rings is 1. The van der Waals surface area contributed by atoms with Gasteiger partial charge in [-0.25, -0.2) is 0 Å². The molecule has 0 saturated carbocycles. The van der Waals surface area contributed by atoms with Gasteiger partial charge in [-0.1, -0.05) is 37.3 Å². The first-order valence-electron chi connectivity index (χ1n) is 13.4. The number of hydrogen-bond donors (Lipinski definition) is 0. The van der Waals surface area contributed by atoms with Crippen LogP contribution in [0.2, 0.25) is 77.6 Å². The molecule has 1 fully saturated rings. The third-order valence-corrected chi connectivity index (χ3v) is 24.0. The number of benzene rings is 1. The van der Waals surface area contributed by atoms with Crippen molar-refractivity contribution in [1.29, 1.82) is 0 Å². The summed E-state index contributed by atoms with van der Waals surface area (Å²) in [6, 6.07) is 12.5. The van der Waals surface area contributed by atoms with Crippen LogP contribution in [-0.2, 0) is 25.9 Å². The lowest BCUT2D eigenvalue weighted by Gasteiger charge is -2.45. The van der Waals surface area contributed by atoms with E-state index in [0.29, 0.717) is 19.1 Å². The van der Waals surface area contributed by atoms with Crippen molar-refractivity contribution < 1.29 is 25.9 Å². The topological polar surface area (TPSA) is 58.7 Å². The Bertz CT molecular complexity index is 796. The van der Waals surface area contributed by atoms with Crippen molar-refractivity contribution in [3.8, 4) is 0 Å². The molecule has 0 aliphatic carbocycles. The molecule has 208 valence electrons. The summed E-state index contributed by atoms with van der Waals surface area (Å²) in [5, 5.41) is 0. The Balaban J connectivity index is 2.24. The van der Waals surface area contributed by atoms with E-state index in [1.165, 1.54) is 5.56 Å². The molecule has 6 nitrogen and oxygen atoms in total. The lowest BCUT2D eigenvalue weighted by atomic mass is 10.0.